The largest absolute Gasteiger partial charge is 0.480 e. The summed E-state index contributed by atoms with van der Waals surface area (Å²) in [7, 11) is 0. The van der Waals surface area contributed by atoms with Gasteiger partial charge >= 0.3 is 5.97 Å². The summed E-state index contributed by atoms with van der Waals surface area (Å²) in [5, 5.41) is 10.1. The predicted octanol–water partition coefficient (Wildman–Crippen LogP) is 2.85. The molecular formula is C17H20ClNO4. The minimum atomic E-state index is -1.00. The van der Waals surface area contributed by atoms with Gasteiger partial charge in [0, 0.05) is 5.02 Å². The number of carboxylic acids is 1. The highest BCUT2D eigenvalue weighted by Crippen LogP contribution is 2.40. The molecule has 0 bridgehead atoms. The first-order valence-corrected chi connectivity index (χ1v) is 8.33. The van der Waals surface area contributed by atoms with Crippen LogP contribution in [0.4, 0.5) is 0 Å². The van der Waals surface area contributed by atoms with Crippen LogP contribution in [0.3, 0.4) is 0 Å². The van der Waals surface area contributed by atoms with Crippen molar-refractivity contribution >= 4 is 23.5 Å². The Labute approximate surface area is 140 Å². The van der Waals surface area contributed by atoms with Gasteiger partial charge in [-0.25, -0.2) is 4.79 Å². The maximum atomic E-state index is 12.8. The monoisotopic (exact) mass is 337 g/mol. The molecule has 5 nitrogen and oxygen atoms in total. The highest BCUT2D eigenvalue weighted by molar-refractivity contribution is 6.30. The second kappa shape index (κ2) is 6.49. The average molecular weight is 338 g/mol. The molecule has 0 unspecified atom stereocenters. The summed E-state index contributed by atoms with van der Waals surface area (Å²) in [6.07, 6.45) is 4.59. The van der Waals surface area contributed by atoms with Crippen molar-refractivity contribution in [3.63, 3.8) is 0 Å². The van der Waals surface area contributed by atoms with E-state index in [9.17, 15) is 14.7 Å². The minimum absolute atomic E-state index is 0.0711. The van der Waals surface area contributed by atoms with Gasteiger partial charge in [-0.1, -0.05) is 30.2 Å². The van der Waals surface area contributed by atoms with Crippen molar-refractivity contribution in [1.29, 1.82) is 0 Å². The van der Waals surface area contributed by atoms with Gasteiger partial charge < -0.3 is 9.84 Å². The van der Waals surface area contributed by atoms with E-state index in [-0.39, 0.29) is 18.9 Å². The van der Waals surface area contributed by atoms with E-state index in [1.807, 2.05) is 0 Å². The molecule has 1 heterocycles. The smallest absolute Gasteiger partial charge is 0.328 e. The zero-order valence-corrected chi connectivity index (χ0v) is 13.6. The first kappa shape index (κ1) is 16.3. The van der Waals surface area contributed by atoms with Gasteiger partial charge in [-0.05, 0) is 43.4 Å². The quantitative estimate of drug-likeness (QED) is 0.921. The van der Waals surface area contributed by atoms with Crippen molar-refractivity contribution < 1.29 is 19.4 Å². The van der Waals surface area contributed by atoms with Crippen LogP contribution in [0.15, 0.2) is 24.3 Å². The highest BCUT2D eigenvalue weighted by Gasteiger charge is 2.52. The Morgan fingerprint density at radius 2 is 1.87 bits per heavy atom. The summed E-state index contributed by atoms with van der Waals surface area (Å²) in [5.74, 6) is -1.20. The van der Waals surface area contributed by atoms with Gasteiger partial charge in [0.15, 0.2) is 6.04 Å². The molecule has 1 amide bonds. The van der Waals surface area contributed by atoms with E-state index in [0.29, 0.717) is 17.9 Å². The second-order valence-corrected chi connectivity index (χ2v) is 6.68. The number of amides is 1. The number of aliphatic carboxylic acids is 1. The molecule has 1 N–H and O–H groups in total. The molecule has 1 saturated heterocycles. The zero-order valence-electron chi connectivity index (χ0n) is 12.8. The zero-order chi connectivity index (χ0) is 16.4. The molecule has 0 aromatic heterocycles. The number of rotatable bonds is 3. The second-order valence-electron chi connectivity index (χ2n) is 6.24. The van der Waals surface area contributed by atoms with Crippen LogP contribution in [0.2, 0.25) is 5.02 Å². The van der Waals surface area contributed by atoms with Gasteiger partial charge in [0.05, 0.1) is 13.0 Å². The topological polar surface area (TPSA) is 66.8 Å². The van der Waals surface area contributed by atoms with Crippen LogP contribution in [-0.2, 0) is 20.7 Å². The van der Waals surface area contributed by atoms with Gasteiger partial charge in [-0.3, -0.25) is 9.69 Å². The lowest BCUT2D eigenvalue weighted by molar-refractivity contribution is -0.163. The third-order valence-corrected chi connectivity index (χ3v) is 4.97. The molecule has 1 aliphatic carbocycles. The molecule has 6 heteroatoms. The van der Waals surface area contributed by atoms with Crippen molar-refractivity contribution in [2.45, 2.75) is 50.3 Å². The Morgan fingerprint density at radius 1 is 1.22 bits per heavy atom. The number of carbonyl (C=O) groups is 2. The molecule has 1 atom stereocenters. The number of ether oxygens (including phenoxy) is 1. The third kappa shape index (κ3) is 3.21. The van der Waals surface area contributed by atoms with Crippen LogP contribution >= 0.6 is 11.6 Å². The molecule has 124 valence electrons. The number of carbonyl (C=O) groups excluding carboxylic acids is 1. The first-order valence-electron chi connectivity index (χ1n) is 7.95. The van der Waals surface area contributed by atoms with E-state index in [1.54, 1.807) is 24.3 Å². The molecule has 2 aliphatic rings. The van der Waals surface area contributed by atoms with Crippen molar-refractivity contribution in [3.05, 3.63) is 34.9 Å². The van der Waals surface area contributed by atoms with E-state index < -0.39 is 17.7 Å². The molecular weight excluding hydrogens is 318 g/mol. The normalized spacial score (nSPS) is 23.2. The Balaban J connectivity index is 1.83. The standard InChI is InChI=1S/C17H20ClNO4/c18-13-6-4-12(5-7-13)10-15(20)19-14(16(21)22)11-23-17(19)8-2-1-3-9-17/h4-7,14H,1-3,8-11H2,(H,21,22)/t14-/m0/s1. The lowest BCUT2D eigenvalue weighted by Gasteiger charge is -2.41. The number of halogens is 1. The number of hydrogen-bond acceptors (Lipinski definition) is 3. The predicted molar refractivity (Wildman–Crippen MR) is 85.2 cm³/mol. The van der Waals surface area contributed by atoms with Crippen LogP contribution in [0.25, 0.3) is 0 Å². The minimum Gasteiger partial charge on any atom is -0.480 e. The summed E-state index contributed by atoms with van der Waals surface area (Å²) in [6.45, 7) is 0.0711. The summed E-state index contributed by atoms with van der Waals surface area (Å²) >= 11 is 5.86. The molecule has 1 aromatic carbocycles. The van der Waals surface area contributed by atoms with E-state index in [2.05, 4.69) is 0 Å². The fourth-order valence-electron chi connectivity index (χ4n) is 3.60. The molecule has 0 radical (unpaired) electrons. The van der Waals surface area contributed by atoms with Crippen LogP contribution < -0.4 is 0 Å². The number of nitrogens with zero attached hydrogens (tertiary/aromatic N) is 1. The molecule has 1 saturated carbocycles. The summed E-state index contributed by atoms with van der Waals surface area (Å²) < 4.78 is 5.85. The lowest BCUT2D eigenvalue weighted by Crippen LogP contribution is -2.55. The Bertz CT molecular complexity index is 595. The molecule has 1 aliphatic heterocycles. The van der Waals surface area contributed by atoms with Crippen LogP contribution in [-0.4, -0.2) is 40.3 Å². The van der Waals surface area contributed by atoms with E-state index in [4.69, 9.17) is 16.3 Å². The molecule has 23 heavy (non-hydrogen) atoms. The Hall–Kier alpha value is -1.59. The number of hydrogen-bond donors (Lipinski definition) is 1. The van der Waals surface area contributed by atoms with Crippen molar-refractivity contribution in [2.75, 3.05) is 6.61 Å². The lowest BCUT2D eigenvalue weighted by atomic mass is 9.89. The summed E-state index contributed by atoms with van der Waals surface area (Å²) in [4.78, 5) is 25.9. The summed E-state index contributed by atoms with van der Waals surface area (Å²) in [6, 6.07) is 6.15. The van der Waals surface area contributed by atoms with Crippen LogP contribution in [0.1, 0.15) is 37.7 Å². The van der Waals surface area contributed by atoms with Gasteiger partial charge in [0.2, 0.25) is 5.91 Å². The van der Waals surface area contributed by atoms with Crippen LogP contribution in [0.5, 0.6) is 0 Å². The van der Waals surface area contributed by atoms with Gasteiger partial charge in [-0.2, -0.15) is 0 Å². The SMILES string of the molecule is O=C(O)[C@@H]1COC2(CCCCC2)N1C(=O)Cc1ccc(Cl)cc1. The Kier molecular flexibility index (Phi) is 4.60. The Morgan fingerprint density at radius 3 is 2.48 bits per heavy atom. The fraction of sp³-hybridized carbons (Fsp3) is 0.529. The highest BCUT2D eigenvalue weighted by atomic mass is 35.5. The molecule has 1 aromatic rings. The van der Waals surface area contributed by atoms with E-state index >= 15 is 0 Å². The van der Waals surface area contributed by atoms with Gasteiger partial charge in [-0.15, -0.1) is 0 Å². The molecule has 3 rings (SSSR count). The van der Waals surface area contributed by atoms with Gasteiger partial charge in [0.1, 0.15) is 5.72 Å². The maximum Gasteiger partial charge on any atom is 0.328 e. The van der Waals surface area contributed by atoms with E-state index in [0.717, 1.165) is 24.8 Å². The van der Waals surface area contributed by atoms with Crippen molar-refractivity contribution in [2.24, 2.45) is 0 Å². The van der Waals surface area contributed by atoms with Crippen molar-refractivity contribution in [3.8, 4) is 0 Å². The number of benzene rings is 1. The third-order valence-electron chi connectivity index (χ3n) is 4.72. The van der Waals surface area contributed by atoms with E-state index in [1.165, 1.54) is 4.90 Å². The number of carboxylic acid groups (broad SMARTS) is 1. The fourth-order valence-corrected chi connectivity index (χ4v) is 3.72. The van der Waals surface area contributed by atoms with Gasteiger partial charge in [0.25, 0.3) is 0 Å². The summed E-state index contributed by atoms with van der Waals surface area (Å²) in [5.41, 5.74) is 0.0894. The maximum absolute atomic E-state index is 12.8. The molecule has 2 fully saturated rings. The van der Waals surface area contributed by atoms with Crippen molar-refractivity contribution in [1.82, 2.24) is 4.90 Å². The van der Waals surface area contributed by atoms with Crippen LogP contribution in [0, 0.1) is 0 Å². The first-order chi connectivity index (χ1) is 11.0. The average Bonchev–Trinajstić information content (AvgIpc) is 2.89. The molecule has 1 spiro atoms.